The van der Waals surface area contributed by atoms with E-state index in [-0.39, 0.29) is 23.0 Å². The average molecular weight is 501 g/mol. The molecule has 0 saturated carbocycles. The predicted octanol–water partition coefficient (Wildman–Crippen LogP) is 1.52. The third-order valence-electron chi connectivity index (χ3n) is 6.55. The van der Waals surface area contributed by atoms with Gasteiger partial charge in [-0.05, 0) is 36.0 Å². The van der Waals surface area contributed by atoms with Gasteiger partial charge in [0, 0.05) is 12.5 Å². The summed E-state index contributed by atoms with van der Waals surface area (Å²) in [5, 5.41) is 11.6. The second kappa shape index (κ2) is 8.82. The van der Waals surface area contributed by atoms with Crippen molar-refractivity contribution in [2.45, 2.75) is 12.5 Å². The Balaban J connectivity index is 1.80. The number of fused-ring (bicyclic) bond motifs is 2. The number of ether oxygens (including phenoxy) is 5. The van der Waals surface area contributed by atoms with Crippen LogP contribution in [-0.4, -0.2) is 56.4 Å². The first-order chi connectivity index (χ1) is 16.9. The number of aromatic amines is 1. The van der Waals surface area contributed by atoms with E-state index < -0.39 is 11.6 Å². The van der Waals surface area contributed by atoms with E-state index in [2.05, 4.69) is 4.98 Å². The highest BCUT2D eigenvalue weighted by Crippen LogP contribution is 2.48. The molecule has 5 rings (SSSR count). The number of aromatic nitrogens is 2. The van der Waals surface area contributed by atoms with Crippen molar-refractivity contribution in [3.8, 4) is 40.3 Å². The number of methoxy groups -OCH3 is 3. The molecule has 2 aliphatic heterocycles. The molecule has 0 spiro atoms. The first-order valence-corrected chi connectivity index (χ1v) is 11.4. The van der Waals surface area contributed by atoms with Crippen molar-refractivity contribution >= 4 is 12.2 Å². The van der Waals surface area contributed by atoms with Crippen LogP contribution in [0, 0.1) is 4.77 Å². The summed E-state index contributed by atoms with van der Waals surface area (Å²) in [6.45, 7) is 0.811. The van der Waals surface area contributed by atoms with Gasteiger partial charge in [0.05, 0.1) is 46.2 Å². The number of benzene rings is 2. The number of aromatic hydroxyl groups is 1. The number of H-pyrrole nitrogens is 1. The minimum Gasteiger partial charge on any atom is -0.497 e. The summed E-state index contributed by atoms with van der Waals surface area (Å²) in [5.74, 6) is 2.28. The van der Waals surface area contributed by atoms with E-state index in [9.17, 15) is 9.90 Å². The lowest BCUT2D eigenvalue weighted by atomic mass is 9.87. The molecule has 3 aromatic rings. The summed E-state index contributed by atoms with van der Waals surface area (Å²) in [5.41, 5.74) is 1.83. The molecule has 1 aromatic heterocycles. The van der Waals surface area contributed by atoms with Gasteiger partial charge in [-0.15, -0.1) is 0 Å². The summed E-state index contributed by atoms with van der Waals surface area (Å²) in [6.07, 6.45) is 0.742. The Morgan fingerprint density at radius 1 is 1.14 bits per heavy atom. The zero-order chi connectivity index (χ0) is 24.9. The van der Waals surface area contributed by atoms with E-state index in [1.165, 1.54) is 18.8 Å². The lowest BCUT2D eigenvalue weighted by Gasteiger charge is -2.33. The van der Waals surface area contributed by atoms with E-state index >= 15 is 0 Å². The van der Waals surface area contributed by atoms with Crippen molar-refractivity contribution in [1.29, 1.82) is 0 Å². The molecule has 0 radical (unpaired) electrons. The van der Waals surface area contributed by atoms with E-state index in [0.29, 0.717) is 34.4 Å². The maximum atomic E-state index is 13.3. The second-order valence-corrected chi connectivity index (χ2v) is 8.75. The van der Waals surface area contributed by atoms with Crippen LogP contribution in [0.5, 0.6) is 34.6 Å². The van der Waals surface area contributed by atoms with Gasteiger partial charge in [0.2, 0.25) is 18.4 Å². The number of hydrogen-bond donors (Lipinski definition) is 3. The lowest BCUT2D eigenvalue weighted by Crippen LogP contribution is -3.10. The average Bonchev–Trinajstić information content (AvgIpc) is 3.32. The Morgan fingerprint density at radius 3 is 2.66 bits per heavy atom. The normalized spacial score (nSPS) is 18.2. The Morgan fingerprint density at radius 2 is 1.94 bits per heavy atom. The monoisotopic (exact) mass is 500 g/mol. The number of quaternary nitrogens is 1. The van der Waals surface area contributed by atoms with Gasteiger partial charge in [0.15, 0.2) is 22.3 Å². The molecule has 0 amide bonds. The summed E-state index contributed by atoms with van der Waals surface area (Å²) in [7, 11) is 6.57. The molecule has 2 atom stereocenters. The molecule has 10 nitrogen and oxygen atoms in total. The fraction of sp³-hybridized carbons (Fsp3) is 0.333. The molecule has 0 fully saturated rings. The minimum absolute atomic E-state index is 0.0224. The molecule has 0 bridgehead atoms. The van der Waals surface area contributed by atoms with Gasteiger partial charge in [-0.1, -0.05) is 0 Å². The molecular weight excluding hydrogens is 474 g/mol. The molecule has 0 saturated heterocycles. The van der Waals surface area contributed by atoms with Crippen LogP contribution >= 0.6 is 12.2 Å². The van der Waals surface area contributed by atoms with Crippen LogP contribution in [0.1, 0.15) is 22.7 Å². The second-order valence-electron chi connectivity index (χ2n) is 8.37. The molecule has 35 heavy (non-hydrogen) atoms. The van der Waals surface area contributed by atoms with Gasteiger partial charge < -0.3 is 33.7 Å². The Bertz CT molecular complexity index is 1430. The topological polar surface area (TPSA) is 109 Å². The van der Waals surface area contributed by atoms with Gasteiger partial charge in [-0.25, -0.2) is 0 Å². The van der Waals surface area contributed by atoms with Crippen molar-refractivity contribution in [3.05, 3.63) is 56.1 Å². The van der Waals surface area contributed by atoms with Crippen molar-refractivity contribution in [1.82, 2.24) is 9.55 Å². The van der Waals surface area contributed by atoms with Crippen molar-refractivity contribution < 1.29 is 33.7 Å². The largest absolute Gasteiger partial charge is 0.497 e. The highest BCUT2D eigenvalue weighted by atomic mass is 32.1. The Labute approximate surface area is 206 Å². The van der Waals surface area contributed by atoms with Gasteiger partial charge in [-0.3, -0.25) is 14.3 Å². The number of hydrogen-bond acceptors (Lipinski definition) is 8. The first-order valence-electron chi connectivity index (χ1n) is 11.0. The molecule has 2 aliphatic rings. The number of nitrogens with zero attached hydrogens (tertiary/aromatic N) is 1. The maximum Gasteiger partial charge on any atom is 0.265 e. The SMILES string of the molecule is COc1ccc(OC)c(-n2c(O)c(C3c4c(cc5c(c4OC)OCO5)CC[NH+]3C)c(=O)[nH]c2=S)c1. The van der Waals surface area contributed by atoms with E-state index in [1.807, 2.05) is 13.1 Å². The van der Waals surface area contributed by atoms with E-state index in [4.69, 9.17) is 35.9 Å². The molecule has 11 heteroatoms. The fourth-order valence-corrected chi connectivity index (χ4v) is 5.19. The summed E-state index contributed by atoms with van der Waals surface area (Å²) < 4.78 is 29.3. The number of rotatable bonds is 5. The zero-order valence-corrected chi connectivity index (χ0v) is 20.6. The highest BCUT2D eigenvalue weighted by molar-refractivity contribution is 7.71. The fourth-order valence-electron chi connectivity index (χ4n) is 4.91. The summed E-state index contributed by atoms with van der Waals surface area (Å²) >= 11 is 5.46. The molecule has 3 heterocycles. The van der Waals surface area contributed by atoms with Gasteiger partial charge in [0.1, 0.15) is 17.1 Å². The van der Waals surface area contributed by atoms with Crippen molar-refractivity contribution in [2.24, 2.45) is 0 Å². The quantitative estimate of drug-likeness (QED) is 0.453. The molecule has 2 unspecified atom stereocenters. The Hall–Kier alpha value is -3.70. The van der Waals surface area contributed by atoms with Crippen LogP contribution in [0.2, 0.25) is 0 Å². The molecule has 3 N–H and O–H groups in total. The molecule has 184 valence electrons. The van der Waals surface area contributed by atoms with Gasteiger partial charge in [0.25, 0.3) is 5.56 Å². The summed E-state index contributed by atoms with van der Waals surface area (Å²) in [4.78, 5) is 17.1. The molecule has 0 aliphatic carbocycles. The van der Waals surface area contributed by atoms with Crippen LogP contribution in [0.3, 0.4) is 0 Å². The lowest BCUT2D eigenvalue weighted by molar-refractivity contribution is -0.908. The number of nitrogens with one attached hydrogen (secondary N) is 2. The van der Waals surface area contributed by atoms with E-state index in [1.54, 1.807) is 25.3 Å². The molecule has 2 aromatic carbocycles. The standard InChI is InChI=1S/C24H25N3O7S/c1-26-8-7-12-9-16-20(34-11-33-16)21(32-4)17(12)19(26)18-22(28)25-24(35)27(23(18)29)14-10-13(30-2)5-6-15(14)31-3/h5-6,9-10,19,29H,7-8,11H2,1-4H3,(H,25,28,35)/p+1. The third-order valence-corrected chi connectivity index (χ3v) is 6.84. The maximum absolute atomic E-state index is 13.3. The zero-order valence-electron chi connectivity index (χ0n) is 19.8. The number of likely N-dealkylation sites (N-methyl/N-ethyl adjacent to an activating group) is 1. The molecular formula is C24H26N3O7S+. The first kappa shape index (κ1) is 23.1. The van der Waals surface area contributed by atoms with Gasteiger partial charge in [-0.2, -0.15) is 0 Å². The third kappa shape index (κ3) is 3.58. The van der Waals surface area contributed by atoms with Crippen LogP contribution in [0.25, 0.3) is 5.69 Å². The van der Waals surface area contributed by atoms with Crippen LogP contribution in [0.4, 0.5) is 0 Å². The minimum atomic E-state index is -0.564. The smallest absolute Gasteiger partial charge is 0.265 e. The van der Waals surface area contributed by atoms with Crippen LogP contribution in [-0.2, 0) is 6.42 Å². The van der Waals surface area contributed by atoms with Crippen LogP contribution in [0.15, 0.2) is 29.1 Å². The van der Waals surface area contributed by atoms with Crippen molar-refractivity contribution in [3.63, 3.8) is 0 Å². The van der Waals surface area contributed by atoms with Crippen molar-refractivity contribution in [2.75, 3.05) is 41.7 Å². The van der Waals surface area contributed by atoms with E-state index in [0.717, 1.165) is 29.0 Å². The van der Waals surface area contributed by atoms with Crippen LogP contribution < -0.4 is 34.1 Å². The predicted molar refractivity (Wildman–Crippen MR) is 128 cm³/mol. The summed E-state index contributed by atoms with van der Waals surface area (Å²) in [6, 6.07) is 6.48. The highest BCUT2D eigenvalue weighted by Gasteiger charge is 2.41. The van der Waals surface area contributed by atoms with Gasteiger partial charge >= 0.3 is 0 Å². The Kier molecular flexibility index (Phi) is 5.81.